The van der Waals surface area contributed by atoms with E-state index in [1.54, 1.807) is 61.4 Å². The Morgan fingerprint density at radius 1 is 0.480 bits per heavy atom. The van der Waals surface area contributed by atoms with Crippen LogP contribution in [-0.2, 0) is 19.2 Å². The average molecular weight is 1860 g/mol. The number of halogens is 19. The highest BCUT2D eigenvalue weighted by Gasteiger charge is 2.38. The number of hydrogen-bond acceptors (Lipinski definition) is 23. The molecule has 1 saturated heterocycles. The normalized spacial score (nSPS) is 14.4. The molecule has 4 amide bonds. The Balaban J connectivity index is 0.000000356. The number of alkyl halides is 12. The van der Waals surface area contributed by atoms with Gasteiger partial charge >= 0.3 is 24.7 Å². The molecular weight excluding hydrogens is 1780 g/mol. The van der Waals surface area contributed by atoms with Crippen molar-refractivity contribution in [1.29, 1.82) is 0 Å². The first-order chi connectivity index (χ1) is 58.4. The minimum atomic E-state index is -4.56. The Morgan fingerprint density at radius 2 is 0.846 bits per heavy atom. The van der Waals surface area contributed by atoms with Gasteiger partial charge in [-0.2, -0.15) is 76.2 Å². The molecule has 0 unspecified atom stereocenters. The Morgan fingerprint density at radius 3 is 1.24 bits per heavy atom. The lowest BCUT2D eigenvalue weighted by atomic mass is 10.1. The van der Waals surface area contributed by atoms with Crippen LogP contribution in [-0.4, -0.2) is 222 Å². The zero-order valence-electron chi connectivity index (χ0n) is 63.5. The SMILES string of the molecule is CSCC[C@@H](Nc1ccnc(-c2c[nH]c3ncc(Cl)cc23)n1)C(=O)NCC(F)(F)F.CSCC[C@@H](Nc1nc(-c2c[nH]c3ncc(Cl)cc23)ncc1F)C(=O)NCC(F)(F)F.O=C(NCC(F)(F)F)[C@@H](CC1CC1)Nc1nc(-c2c[nH]c3ncc(Cl)cc23)ncc1F.O=C(NCC(F)(F)F)[C@H]1CNCCN1c1nc(-c2c[nH]c3ncc(Cl)cc23)ncc1F.[HH].[HH].[HH].[HH].[HH].[HH].[HH]. The highest BCUT2D eigenvalue weighted by Crippen LogP contribution is 2.37. The topological polar surface area (TPSA) is 386 Å². The molecule has 0 radical (unpaired) electrons. The molecule has 1 aliphatic heterocycles. The zero-order valence-corrected chi connectivity index (χ0v) is 68.2. The standard InChI is InChI=1S/C19H17ClF4N6O.C18H16ClF4N7O.C18H17ClF4N6OS.C18H18ClF3N6OS.7H2/c20-10-4-11-12(6-26-15(11)25-5-10)16-27-7-13(21)17(30-16)29-14(3-9-1-2-9)18(31)28-8-19(22,23)24;19-9-3-10-11(5-26-14(10)25-4-9)15-27-6-12(20)16(29-15)30-2-1-24-7-13(30)17(31)28-8-18(21,22)23;1-31-3-2-13(17(30)27-8-18(21,22)23)28-16-12(20)7-26-15(29-16)11-6-25-14-10(11)4-9(19)5-24-14;1-30-5-3-13(17(29)26-9-18(20,21)22)27-14-2-4-23-16(28-14)12-8-25-15-11(12)6-10(19)7-24-15;;;;;;;/h4-7,9,14H,1-3,8H2,(H,25,26)(H,28,31)(H,27,29,30);3-6,13,24H,1-2,7-8H2,(H,25,26)(H,28,31);4-7,13H,2-3,8H2,1H3,(H,24,25)(H,27,30)(H,26,28,29);2,4,6-8,13H,3,5,9H2,1H3,(H,24,25)(H,26,29)(H,23,27,28);7*1H/t14-;3*13-;;;;;;;/m1111......./s1. The van der Waals surface area contributed by atoms with E-state index in [0.717, 1.165) is 36.8 Å². The van der Waals surface area contributed by atoms with Crippen LogP contribution in [0.1, 0.15) is 42.1 Å². The van der Waals surface area contributed by atoms with Gasteiger partial charge in [-0.05, 0) is 79.5 Å². The van der Waals surface area contributed by atoms with Crippen LogP contribution in [0.3, 0.4) is 0 Å². The van der Waals surface area contributed by atoms with Gasteiger partial charge in [0.1, 0.15) is 78.8 Å². The van der Waals surface area contributed by atoms with Crippen LogP contribution in [0.4, 0.5) is 89.1 Å². The minimum Gasteiger partial charge on any atom is -0.358 e. The molecule has 12 aromatic heterocycles. The third-order valence-corrected chi connectivity index (χ3v) is 20.0. The molecule has 2 fully saturated rings. The van der Waals surface area contributed by atoms with E-state index in [0.29, 0.717) is 117 Å². The lowest BCUT2D eigenvalue weighted by Gasteiger charge is -2.36. The summed E-state index contributed by atoms with van der Waals surface area (Å²) >= 11 is 26.9. The fourth-order valence-corrected chi connectivity index (χ4v) is 13.5. The van der Waals surface area contributed by atoms with Crippen molar-refractivity contribution in [3.63, 3.8) is 0 Å². The molecular formula is C73H82Cl4F15N25O4S2. The highest BCUT2D eigenvalue weighted by molar-refractivity contribution is 7.98. The minimum absolute atomic E-state index is 0. The molecule has 29 nitrogen and oxygen atoms in total. The predicted octanol–water partition coefficient (Wildman–Crippen LogP) is 16.0. The summed E-state index contributed by atoms with van der Waals surface area (Å²) in [6.07, 6.45) is 4.65. The van der Waals surface area contributed by atoms with Gasteiger partial charge in [0.25, 0.3) is 0 Å². The predicted molar refractivity (Wildman–Crippen MR) is 449 cm³/mol. The van der Waals surface area contributed by atoms with Crippen LogP contribution in [0, 0.1) is 23.4 Å². The van der Waals surface area contributed by atoms with Crippen molar-refractivity contribution in [2.24, 2.45) is 5.92 Å². The molecule has 1 aliphatic carbocycles. The lowest BCUT2D eigenvalue weighted by Crippen LogP contribution is -2.59. The van der Waals surface area contributed by atoms with E-state index in [2.05, 4.69) is 101 Å². The first-order valence-electron chi connectivity index (χ1n) is 36.4. The van der Waals surface area contributed by atoms with Gasteiger partial charge in [0.15, 0.2) is 58.2 Å². The maximum atomic E-state index is 14.6. The number of H-pyrrole nitrogens is 4. The summed E-state index contributed by atoms with van der Waals surface area (Å²) < 4.78 is 193. The fraction of sp³-hybridized carbons (Fsp3) is 0.342. The van der Waals surface area contributed by atoms with Crippen LogP contribution < -0.4 is 47.4 Å². The number of thioether (sulfide) groups is 2. The van der Waals surface area contributed by atoms with E-state index >= 15 is 0 Å². The number of carbonyl (C=O) groups is 4. The van der Waals surface area contributed by atoms with Gasteiger partial charge in [-0.25, -0.2) is 73.0 Å². The van der Waals surface area contributed by atoms with Gasteiger partial charge in [0, 0.05) is 129 Å². The van der Waals surface area contributed by atoms with Gasteiger partial charge in [-0.15, -0.1) is 0 Å². The second kappa shape index (κ2) is 41.0. The van der Waals surface area contributed by atoms with Crippen molar-refractivity contribution in [2.45, 2.75) is 81.0 Å². The van der Waals surface area contributed by atoms with Crippen molar-refractivity contribution in [3.8, 4) is 45.6 Å². The number of aromatic nitrogens is 16. The van der Waals surface area contributed by atoms with Crippen molar-refractivity contribution in [1.82, 2.24) is 106 Å². The van der Waals surface area contributed by atoms with Crippen LogP contribution in [0.2, 0.25) is 20.1 Å². The second-order valence-corrected chi connectivity index (χ2v) is 30.7. The molecule has 12 N–H and O–H groups in total. The molecule has 2 aliphatic rings. The third kappa shape index (κ3) is 26.2. The van der Waals surface area contributed by atoms with Gasteiger partial charge in [0.2, 0.25) is 23.6 Å². The molecule has 50 heteroatoms. The number of nitrogens with zero attached hydrogens (tertiary/aromatic N) is 13. The van der Waals surface area contributed by atoms with E-state index in [1.165, 1.54) is 59.4 Å². The molecule has 4 atom stereocenters. The quantitative estimate of drug-likeness (QED) is 0.0213. The molecule has 0 aromatic carbocycles. The number of hydrogen-bond donors (Lipinski definition) is 12. The summed E-state index contributed by atoms with van der Waals surface area (Å²) in [5.74, 6) is -4.31. The molecule has 123 heavy (non-hydrogen) atoms. The third-order valence-electron chi connectivity index (χ3n) is 17.9. The maximum Gasteiger partial charge on any atom is 0.405 e. The van der Waals surface area contributed by atoms with E-state index in [-0.39, 0.29) is 76.8 Å². The molecule has 0 spiro atoms. The Kier molecular flexibility index (Phi) is 30.8. The smallest absolute Gasteiger partial charge is 0.358 e. The van der Waals surface area contributed by atoms with Crippen molar-refractivity contribution < 1.29 is 95.0 Å². The van der Waals surface area contributed by atoms with Crippen molar-refractivity contribution >= 4 is 161 Å². The summed E-state index contributed by atoms with van der Waals surface area (Å²) in [5.41, 5.74) is 4.36. The lowest BCUT2D eigenvalue weighted by molar-refractivity contribution is -0.139. The molecule has 668 valence electrons. The number of piperazine rings is 1. The number of nitrogens with one attached hydrogen (secondary N) is 12. The van der Waals surface area contributed by atoms with Gasteiger partial charge < -0.3 is 67.4 Å². The average Bonchev–Trinajstić information content (AvgIpc) is 0.819. The zero-order chi connectivity index (χ0) is 88.7. The van der Waals surface area contributed by atoms with Gasteiger partial charge in [0.05, 0.1) is 38.7 Å². The number of aromatic amines is 4. The Hall–Kier alpha value is -11.1. The van der Waals surface area contributed by atoms with Crippen molar-refractivity contribution in [2.75, 3.05) is 90.7 Å². The fourth-order valence-electron chi connectivity index (χ4n) is 12.0. The van der Waals surface area contributed by atoms with E-state index in [1.807, 2.05) is 27.5 Å². The molecule has 1 saturated carbocycles. The van der Waals surface area contributed by atoms with E-state index in [9.17, 15) is 85.0 Å². The molecule has 12 aromatic rings. The molecule has 0 bridgehead atoms. The maximum absolute atomic E-state index is 14.6. The number of carbonyl (C=O) groups excluding carboxylic acids is 4. The first kappa shape index (κ1) is 92.6. The second-order valence-electron chi connectivity index (χ2n) is 27.0. The number of amides is 4. The van der Waals surface area contributed by atoms with Gasteiger partial charge in [-0.1, -0.05) is 59.2 Å². The summed E-state index contributed by atoms with van der Waals surface area (Å²) in [4.78, 5) is 112. The first-order valence-corrected chi connectivity index (χ1v) is 40.7. The monoisotopic (exact) mass is 1860 g/mol. The van der Waals surface area contributed by atoms with Gasteiger partial charge in [-0.3, -0.25) is 19.2 Å². The number of rotatable bonds is 27. The Bertz CT molecular complexity index is 5750. The molecule has 13 heterocycles. The van der Waals surface area contributed by atoms with Crippen molar-refractivity contribution in [3.05, 3.63) is 142 Å². The summed E-state index contributed by atoms with van der Waals surface area (Å²) in [6, 6.07) is 4.08. The number of pyridine rings is 4. The molecule has 14 rings (SSSR count). The largest absolute Gasteiger partial charge is 0.405 e. The summed E-state index contributed by atoms with van der Waals surface area (Å²) in [6.45, 7) is -5.21. The number of fused-ring (bicyclic) bond motifs is 4. The summed E-state index contributed by atoms with van der Waals surface area (Å²) in [7, 11) is 0. The Labute approximate surface area is 724 Å². The van der Waals surface area contributed by atoms with Crippen LogP contribution in [0.25, 0.3) is 89.7 Å². The highest BCUT2D eigenvalue weighted by atomic mass is 35.5. The van der Waals surface area contributed by atoms with E-state index < -0.39 is 116 Å². The van der Waals surface area contributed by atoms with Crippen LogP contribution >= 0.6 is 69.9 Å². The van der Waals surface area contributed by atoms with Crippen LogP contribution in [0.5, 0.6) is 0 Å². The number of anilines is 4. The van der Waals surface area contributed by atoms with Crippen LogP contribution in [0.15, 0.2) is 105 Å². The summed E-state index contributed by atoms with van der Waals surface area (Å²) in [5, 5.41) is 22.7. The van der Waals surface area contributed by atoms with E-state index in [4.69, 9.17) is 46.4 Å².